The predicted octanol–water partition coefficient (Wildman–Crippen LogP) is 4.20. The summed E-state index contributed by atoms with van der Waals surface area (Å²) in [5.74, 6) is -2.35. The van der Waals surface area contributed by atoms with Crippen LogP contribution in [0.5, 0.6) is 0 Å². The topological polar surface area (TPSA) is 62.1 Å². The monoisotopic (exact) mass is 424 g/mol. The number of rotatable bonds is 7. The lowest BCUT2D eigenvalue weighted by molar-refractivity contribution is -0.143. The van der Waals surface area contributed by atoms with E-state index < -0.39 is 17.6 Å². The Bertz CT molecular complexity index is 864. The van der Waals surface area contributed by atoms with E-state index in [2.05, 4.69) is 10.1 Å². The molecule has 0 spiro atoms. The van der Waals surface area contributed by atoms with Crippen molar-refractivity contribution in [2.24, 2.45) is 11.1 Å². The Morgan fingerprint density at radius 2 is 2.03 bits per heavy atom. The van der Waals surface area contributed by atoms with Crippen LogP contribution in [0.15, 0.2) is 47.6 Å². The van der Waals surface area contributed by atoms with Crippen molar-refractivity contribution in [3.05, 3.63) is 59.7 Å². The quantitative estimate of drug-likeness (QED) is 0.411. The molecular formula is C21H23ClF2N2O3. The molecule has 1 N–H and O–H groups in total. The molecule has 3 rings (SSSR count). The normalized spacial score (nSPS) is 17.1. The Morgan fingerprint density at radius 1 is 1.24 bits per heavy atom. The minimum Gasteiger partial charge on any atom is -0.481 e. The first-order valence-corrected chi connectivity index (χ1v) is 9.19. The number of aliphatic carboxylic acids is 1. The van der Waals surface area contributed by atoms with Gasteiger partial charge in [0.05, 0.1) is 12.1 Å². The zero-order valence-electron chi connectivity index (χ0n) is 15.8. The van der Waals surface area contributed by atoms with Crippen molar-refractivity contribution in [3.63, 3.8) is 0 Å². The summed E-state index contributed by atoms with van der Waals surface area (Å²) in [4.78, 5) is 18.5. The SMILES string of the molecule is Cl.O=C(O)[C@@H]1CCCN(CCO/N=C/c2ccccc2-c2ccc(F)cc2F)C1. The largest absolute Gasteiger partial charge is 0.481 e. The summed E-state index contributed by atoms with van der Waals surface area (Å²) in [6, 6.07) is 10.5. The summed E-state index contributed by atoms with van der Waals surface area (Å²) in [6.45, 7) is 2.30. The molecule has 0 amide bonds. The number of piperidine rings is 1. The molecule has 5 nitrogen and oxygen atoms in total. The summed E-state index contributed by atoms with van der Waals surface area (Å²) in [6.07, 6.45) is 3.06. The molecule has 1 saturated heterocycles. The lowest BCUT2D eigenvalue weighted by Gasteiger charge is -2.29. The Kier molecular flexibility index (Phi) is 8.54. The maximum Gasteiger partial charge on any atom is 0.307 e. The Hall–Kier alpha value is -2.51. The number of carboxylic acid groups (broad SMARTS) is 1. The first-order valence-electron chi connectivity index (χ1n) is 9.19. The van der Waals surface area contributed by atoms with Crippen LogP contribution in [0, 0.1) is 17.6 Å². The van der Waals surface area contributed by atoms with Crippen LogP contribution in [0.2, 0.25) is 0 Å². The fourth-order valence-corrected chi connectivity index (χ4v) is 3.34. The molecule has 29 heavy (non-hydrogen) atoms. The molecule has 2 aromatic rings. The van der Waals surface area contributed by atoms with E-state index in [-0.39, 0.29) is 23.9 Å². The minimum absolute atomic E-state index is 0. The maximum atomic E-state index is 14.1. The number of hydrogen-bond acceptors (Lipinski definition) is 4. The number of hydrogen-bond donors (Lipinski definition) is 1. The number of carbonyl (C=O) groups is 1. The molecular weight excluding hydrogens is 402 g/mol. The van der Waals surface area contributed by atoms with Crippen LogP contribution < -0.4 is 0 Å². The molecule has 0 radical (unpaired) electrons. The highest BCUT2D eigenvalue weighted by Crippen LogP contribution is 2.26. The van der Waals surface area contributed by atoms with E-state index in [0.717, 1.165) is 19.0 Å². The Labute approximate surface area is 174 Å². The van der Waals surface area contributed by atoms with Crippen LogP contribution in [0.3, 0.4) is 0 Å². The average molecular weight is 425 g/mol. The molecule has 1 atom stereocenters. The third-order valence-electron chi connectivity index (χ3n) is 4.80. The smallest absolute Gasteiger partial charge is 0.307 e. The van der Waals surface area contributed by atoms with E-state index in [1.165, 1.54) is 18.3 Å². The van der Waals surface area contributed by atoms with Crippen molar-refractivity contribution in [1.29, 1.82) is 0 Å². The zero-order valence-corrected chi connectivity index (χ0v) is 16.6. The number of halogens is 3. The molecule has 0 bridgehead atoms. The summed E-state index contributed by atoms with van der Waals surface area (Å²) in [5.41, 5.74) is 1.53. The van der Waals surface area contributed by atoms with E-state index >= 15 is 0 Å². The molecule has 2 aromatic carbocycles. The van der Waals surface area contributed by atoms with Gasteiger partial charge in [0, 0.05) is 30.3 Å². The second kappa shape index (κ2) is 10.9. The molecule has 0 aliphatic carbocycles. The highest BCUT2D eigenvalue weighted by atomic mass is 35.5. The van der Waals surface area contributed by atoms with Crippen molar-refractivity contribution in [2.45, 2.75) is 12.8 Å². The second-order valence-electron chi connectivity index (χ2n) is 6.76. The number of carboxylic acids is 1. The summed E-state index contributed by atoms with van der Waals surface area (Å²) < 4.78 is 27.2. The Morgan fingerprint density at radius 3 is 2.79 bits per heavy atom. The van der Waals surface area contributed by atoms with Gasteiger partial charge in [-0.1, -0.05) is 29.4 Å². The Balaban J connectivity index is 0.00000300. The maximum absolute atomic E-state index is 14.1. The molecule has 1 fully saturated rings. The van der Waals surface area contributed by atoms with Gasteiger partial charge in [0.15, 0.2) is 0 Å². The third-order valence-corrected chi connectivity index (χ3v) is 4.80. The van der Waals surface area contributed by atoms with Gasteiger partial charge >= 0.3 is 5.97 Å². The van der Waals surface area contributed by atoms with Crippen LogP contribution >= 0.6 is 12.4 Å². The van der Waals surface area contributed by atoms with E-state index in [9.17, 15) is 13.6 Å². The van der Waals surface area contributed by atoms with Gasteiger partial charge in [-0.2, -0.15) is 0 Å². The fourth-order valence-electron chi connectivity index (χ4n) is 3.34. The summed E-state index contributed by atoms with van der Waals surface area (Å²) in [7, 11) is 0. The van der Waals surface area contributed by atoms with Crippen molar-refractivity contribution >= 4 is 24.6 Å². The number of oxime groups is 1. The third kappa shape index (κ3) is 6.24. The molecule has 156 valence electrons. The number of likely N-dealkylation sites (tertiary alicyclic amines) is 1. The van der Waals surface area contributed by atoms with Gasteiger partial charge in [0.2, 0.25) is 0 Å². The predicted molar refractivity (Wildman–Crippen MR) is 109 cm³/mol. The average Bonchev–Trinajstić information content (AvgIpc) is 2.68. The molecule has 0 saturated carbocycles. The lowest BCUT2D eigenvalue weighted by Crippen LogP contribution is -2.40. The van der Waals surface area contributed by atoms with Gasteiger partial charge in [-0.25, -0.2) is 8.78 Å². The van der Waals surface area contributed by atoms with Crippen LogP contribution in [-0.2, 0) is 9.63 Å². The van der Waals surface area contributed by atoms with Gasteiger partial charge in [-0.05, 0) is 37.1 Å². The lowest BCUT2D eigenvalue weighted by atomic mass is 9.98. The van der Waals surface area contributed by atoms with Gasteiger partial charge in [-0.15, -0.1) is 12.4 Å². The fraction of sp³-hybridized carbons (Fsp3) is 0.333. The summed E-state index contributed by atoms with van der Waals surface area (Å²) in [5, 5.41) is 13.1. The second-order valence-corrected chi connectivity index (χ2v) is 6.76. The van der Waals surface area contributed by atoms with Gasteiger partial charge < -0.3 is 9.94 Å². The highest BCUT2D eigenvalue weighted by Gasteiger charge is 2.24. The first-order chi connectivity index (χ1) is 13.5. The van der Waals surface area contributed by atoms with Crippen LogP contribution in [-0.4, -0.2) is 48.4 Å². The van der Waals surface area contributed by atoms with E-state index in [1.54, 1.807) is 24.3 Å². The van der Waals surface area contributed by atoms with Gasteiger partial charge in [0.1, 0.15) is 18.2 Å². The number of nitrogens with zero attached hydrogens (tertiary/aromatic N) is 2. The van der Waals surface area contributed by atoms with Crippen molar-refractivity contribution in [2.75, 3.05) is 26.2 Å². The van der Waals surface area contributed by atoms with Gasteiger partial charge in [0.25, 0.3) is 0 Å². The number of benzene rings is 2. The van der Waals surface area contributed by atoms with Crippen molar-refractivity contribution < 1.29 is 23.5 Å². The molecule has 1 aliphatic heterocycles. The molecule has 1 heterocycles. The van der Waals surface area contributed by atoms with Crippen molar-refractivity contribution in [1.82, 2.24) is 4.90 Å². The molecule has 8 heteroatoms. The molecule has 1 aliphatic rings. The highest BCUT2D eigenvalue weighted by molar-refractivity contribution is 5.90. The standard InChI is InChI=1S/C21H22F2N2O3.ClH/c22-17-7-8-19(20(23)12-17)18-6-2-1-4-15(18)13-24-28-11-10-25-9-3-5-16(14-25)21(26)27;/h1-2,4,6-8,12-13,16H,3,5,9-11,14H2,(H,26,27);1H/b24-13+;/t16-;/m1./s1. The van der Waals surface area contributed by atoms with E-state index in [1.807, 2.05) is 0 Å². The molecule has 0 unspecified atom stereocenters. The summed E-state index contributed by atoms with van der Waals surface area (Å²) >= 11 is 0. The molecule has 0 aromatic heterocycles. The zero-order chi connectivity index (χ0) is 19.9. The van der Waals surface area contributed by atoms with E-state index in [4.69, 9.17) is 9.94 Å². The van der Waals surface area contributed by atoms with Crippen LogP contribution in [0.1, 0.15) is 18.4 Å². The first kappa shape index (κ1) is 22.8. The van der Waals surface area contributed by atoms with Crippen LogP contribution in [0.25, 0.3) is 11.1 Å². The van der Waals surface area contributed by atoms with E-state index in [0.29, 0.717) is 37.2 Å². The van der Waals surface area contributed by atoms with Gasteiger partial charge in [-0.3, -0.25) is 9.69 Å². The van der Waals surface area contributed by atoms with Crippen LogP contribution in [0.4, 0.5) is 8.78 Å². The van der Waals surface area contributed by atoms with Crippen molar-refractivity contribution in [3.8, 4) is 11.1 Å². The minimum atomic E-state index is -0.756.